The summed E-state index contributed by atoms with van der Waals surface area (Å²) in [6, 6.07) is 0.816. The van der Waals surface area contributed by atoms with Gasteiger partial charge in [-0.1, -0.05) is 19.3 Å². The Morgan fingerprint density at radius 1 is 1.15 bits per heavy atom. The van der Waals surface area contributed by atoms with Crippen LogP contribution in [0.25, 0.3) is 0 Å². The van der Waals surface area contributed by atoms with Crippen molar-refractivity contribution in [1.29, 1.82) is 0 Å². The fourth-order valence-electron chi connectivity index (χ4n) is 3.45. The van der Waals surface area contributed by atoms with Crippen LogP contribution in [-0.2, 0) is 0 Å². The van der Waals surface area contributed by atoms with Gasteiger partial charge in [-0.05, 0) is 31.7 Å². The first kappa shape index (κ1) is 13.7. The Kier molecular flexibility index (Phi) is 4.45. The van der Waals surface area contributed by atoms with Gasteiger partial charge in [-0.3, -0.25) is 0 Å². The lowest BCUT2D eigenvalue weighted by atomic mass is 9.94. The topological polar surface area (TPSA) is 41.1 Å². The summed E-state index contributed by atoms with van der Waals surface area (Å²) in [5.74, 6) is 0.799. The van der Waals surface area contributed by atoms with E-state index < -0.39 is 0 Å². The molecule has 0 radical (unpaired) electrons. The lowest BCUT2D eigenvalue weighted by Crippen LogP contribution is -2.35. The Balaban J connectivity index is 1.44. The van der Waals surface area contributed by atoms with Crippen molar-refractivity contribution < 1.29 is 4.39 Å². The minimum absolute atomic E-state index is 0.389. The molecule has 0 bridgehead atoms. The smallest absolute Gasteiger partial charge is 0.222 e. The summed E-state index contributed by atoms with van der Waals surface area (Å²) in [4.78, 5) is 10.5. The van der Waals surface area contributed by atoms with Crippen molar-refractivity contribution in [2.24, 2.45) is 5.92 Å². The molecule has 1 aromatic heterocycles. The van der Waals surface area contributed by atoms with Crippen LogP contribution in [0.15, 0.2) is 12.4 Å². The molecule has 1 aromatic rings. The predicted octanol–water partition coefficient (Wildman–Crippen LogP) is 2.68. The summed E-state index contributed by atoms with van der Waals surface area (Å²) >= 11 is 0. The van der Waals surface area contributed by atoms with Crippen molar-refractivity contribution in [3.05, 3.63) is 18.2 Å². The van der Waals surface area contributed by atoms with E-state index in [4.69, 9.17) is 0 Å². The predicted molar refractivity (Wildman–Crippen MR) is 77.0 cm³/mol. The van der Waals surface area contributed by atoms with Crippen LogP contribution >= 0.6 is 0 Å². The summed E-state index contributed by atoms with van der Waals surface area (Å²) in [7, 11) is 0. The number of hydrogen-bond donors (Lipinski definition) is 1. The van der Waals surface area contributed by atoms with E-state index >= 15 is 0 Å². The second kappa shape index (κ2) is 6.48. The molecule has 2 fully saturated rings. The molecular weight excluding hydrogens is 255 g/mol. The van der Waals surface area contributed by atoms with Crippen molar-refractivity contribution in [1.82, 2.24) is 14.9 Å². The summed E-state index contributed by atoms with van der Waals surface area (Å²) in [6.07, 6.45) is 10.6. The lowest BCUT2D eigenvalue weighted by molar-refractivity contribution is 0.186. The molecule has 4 nitrogen and oxygen atoms in total. The Bertz CT molecular complexity index is 416. The van der Waals surface area contributed by atoms with Gasteiger partial charge in [0.05, 0.1) is 12.4 Å². The van der Waals surface area contributed by atoms with Crippen molar-refractivity contribution >= 4 is 5.95 Å². The second-order valence-corrected chi connectivity index (χ2v) is 6.05. The first-order chi connectivity index (χ1) is 9.81. The number of anilines is 1. The van der Waals surface area contributed by atoms with E-state index in [1.54, 1.807) is 0 Å². The van der Waals surface area contributed by atoms with Crippen molar-refractivity contribution in [3.63, 3.8) is 0 Å². The van der Waals surface area contributed by atoms with E-state index in [1.165, 1.54) is 64.0 Å². The maximum absolute atomic E-state index is 12.7. The highest BCUT2D eigenvalue weighted by Gasteiger charge is 2.28. The van der Waals surface area contributed by atoms with Gasteiger partial charge in [-0.25, -0.2) is 14.4 Å². The molecule has 1 N–H and O–H groups in total. The largest absolute Gasteiger partial charge is 0.354 e. The normalized spacial score (nSPS) is 24.9. The van der Waals surface area contributed by atoms with E-state index in [2.05, 4.69) is 20.2 Å². The fraction of sp³-hybridized carbons (Fsp3) is 0.733. The molecule has 1 saturated carbocycles. The van der Waals surface area contributed by atoms with Crippen LogP contribution < -0.4 is 5.32 Å². The molecule has 1 atom stereocenters. The number of nitrogens with one attached hydrogen (secondary N) is 1. The van der Waals surface area contributed by atoms with Gasteiger partial charge >= 0.3 is 0 Å². The van der Waals surface area contributed by atoms with Gasteiger partial charge in [0.1, 0.15) is 0 Å². The maximum atomic E-state index is 12.7. The minimum Gasteiger partial charge on any atom is -0.354 e. The van der Waals surface area contributed by atoms with Crippen LogP contribution in [0, 0.1) is 11.7 Å². The maximum Gasteiger partial charge on any atom is 0.222 e. The zero-order chi connectivity index (χ0) is 13.8. The van der Waals surface area contributed by atoms with Crippen LogP contribution in [0.4, 0.5) is 10.3 Å². The standard InChI is InChI=1S/C15H23FN4/c16-13-9-18-15(19-10-13)17-8-12-6-7-20(11-12)14-4-2-1-3-5-14/h9-10,12,14H,1-8,11H2,(H,17,18,19)/t12-/m1/s1. The first-order valence-electron chi connectivity index (χ1n) is 7.77. The average Bonchev–Trinajstić information content (AvgIpc) is 2.97. The quantitative estimate of drug-likeness (QED) is 0.919. The minimum atomic E-state index is -0.389. The summed E-state index contributed by atoms with van der Waals surface area (Å²) in [5.41, 5.74) is 0. The molecular formula is C15H23FN4. The molecule has 0 spiro atoms. The molecule has 0 amide bonds. The number of rotatable bonds is 4. The summed E-state index contributed by atoms with van der Waals surface area (Å²) < 4.78 is 12.7. The molecule has 2 heterocycles. The average molecular weight is 278 g/mol. The molecule has 20 heavy (non-hydrogen) atoms. The van der Waals surface area contributed by atoms with E-state index in [0.29, 0.717) is 11.9 Å². The Hall–Kier alpha value is -1.23. The van der Waals surface area contributed by atoms with Crippen LogP contribution in [0.5, 0.6) is 0 Å². The van der Waals surface area contributed by atoms with Crippen LogP contribution in [-0.4, -0.2) is 40.5 Å². The van der Waals surface area contributed by atoms with Crippen LogP contribution in [0.3, 0.4) is 0 Å². The van der Waals surface area contributed by atoms with Crippen LogP contribution in [0.1, 0.15) is 38.5 Å². The van der Waals surface area contributed by atoms with E-state index in [9.17, 15) is 4.39 Å². The lowest BCUT2D eigenvalue weighted by Gasteiger charge is -2.31. The SMILES string of the molecule is Fc1cnc(NC[C@H]2CCN(C3CCCCC3)C2)nc1. The Morgan fingerprint density at radius 2 is 1.90 bits per heavy atom. The third-order valence-corrected chi connectivity index (χ3v) is 4.58. The molecule has 3 rings (SSSR count). The molecule has 1 saturated heterocycles. The fourth-order valence-corrected chi connectivity index (χ4v) is 3.45. The van der Waals surface area contributed by atoms with Gasteiger partial charge in [0.25, 0.3) is 0 Å². The Morgan fingerprint density at radius 3 is 2.65 bits per heavy atom. The number of halogens is 1. The number of hydrogen-bond acceptors (Lipinski definition) is 4. The zero-order valence-corrected chi connectivity index (χ0v) is 11.9. The highest BCUT2D eigenvalue weighted by molar-refractivity contribution is 5.22. The number of aromatic nitrogens is 2. The molecule has 0 unspecified atom stereocenters. The van der Waals surface area contributed by atoms with Crippen LogP contribution in [0.2, 0.25) is 0 Å². The van der Waals surface area contributed by atoms with E-state index in [-0.39, 0.29) is 5.82 Å². The van der Waals surface area contributed by atoms with E-state index in [0.717, 1.165) is 12.6 Å². The highest BCUT2D eigenvalue weighted by atomic mass is 19.1. The monoisotopic (exact) mass is 278 g/mol. The van der Waals surface area contributed by atoms with Gasteiger partial charge in [-0.15, -0.1) is 0 Å². The molecule has 5 heteroatoms. The first-order valence-corrected chi connectivity index (χ1v) is 7.77. The molecule has 2 aliphatic rings. The van der Waals surface area contributed by atoms with Crippen molar-refractivity contribution in [2.75, 3.05) is 25.0 Å². The summed E-state index contributed by atoms with van der Waals surface area (Å²) in [6.45, 7) is 3.29. The van der Waals surface area contributed by atoms with E-state index in [1.807, 2.05) is 0 Å². The number of likely N-dealkylation sites (tertiary alicyclic amines) is 1. The van der Waals surface area contributed by atoms with Gasteiger partial charge in [0.2, 0.25) is 5.95 Å². The second-order valence-electron chi connectivity index (χ2n) is 6.05. The van der Waals surface area contributed by atoms with Gasteiger partial charge in [0, 0.05) is 19.1 Å². The zero-order valence-electron chi connectivity index (χ0n) is 11.9. The third kappa shape index (κ3) is 3.45. The molecule has 1 aliphatic carbocycles. The van der Waals surface area contributed by atoms with Gasteiger partial charge < -0.3 is 10.2 Å². The Labute approximate surface area is 119 Å². The van der Waals surface area contributed by atoms with Gasteiger partial charge in [-0.2, -0.15) is 0 Å². The van der Waals surface area contributed by atoms with Gasteiger partial charge in [0.15, 0.2) is 5.82 Å². The third-order valence-electron chi connectivity index (χ3n) is 4.58. The van der Waals surface area contributed by atoms with Crippen molar-refractivity contribution in [2.45, 2.75) is 44.6 Å². The van der Waals surface area contributed by atoms with Crippen molar-refractivity contribution in [3.8, 4) is 0 Å². The highest BCUT2D eigenvalue weighted by Crippen LogP contribution is 2.27. The molecule has 110 valence electrons. The molecule has 1 aliphatic heterocycles. The number of nitrogens with zero attached hydrogens (tertiary/aromatic N) is 3. The summed E-state index contributed by atoms with van der Waals surface area (Å²) in [5, 5.41) is 3.22. The molecule has 0 aromatic carbocycles.